The van der Waals surface area contributed by atoms with E-state index in [0.29, 0.717) is 19.6 Å². The molecule has 4 nitrogen and oxygen atoms in total. The third-order valence-corrected chi connectivity index (χ3v) is 1.98. The quantitative estimate of drug-likeness (QED) is 0.566. The Morgan fingerprint density at radius 3 is 2.80 bits per heavy atom. The molecule has 0 aliphatic rings. The third-order valence-electron chi connectivity index (χ3n) is 1.98. The fourth-order valence-electron chi connectivity index (χ4n) is 1.15. The molecular formula is C11H24N2O2. The average Bonchev–Trinajstić information content (AvgIpc) is 2.19. The van der Waals surface area contributed by atoms with E-state index in [4.69, 9.17) is 10.5 Å². The number of carbonyl (C=O) groups is 1. The Labute approximate surface area is 92.6 Å². The summed E-state index contributed by atoms with van der Waals surface area (Å²) in [6.07, 6.45) is 3.35. The van der Waals surface area contributed by atoms with Crippen LogP contribution >= 0.6 is 0 Å². The highest BCUT2D eigenvalue weighted by atomic mass is 16.5. The molecule has 0 aliphatic heterocycles. The Morgan fingerprint density at radius 2 is 2.20 bits per heavy atom. The molecule has 15 heavy (non-hydrogen) atoms. The van der Waals surface area contributed by atoms with E-state index in [9.17, 15) is 4.79 Å². The molecule has 1 unspecified atom stereocenters. The number of nitrogens with two attached hydrogens (primary N) is 1. The van der Waals surface area contributed by atoms with Crippen LogP contribution in [0.25, 0.3) is 0 Å². The average molecular weight is 216 g/mol. The van der Waals surface area contributed by atoms with Gasteiger partial charge in [0, 0.05) is 25.6 Å². The Kier molecular flexibility index (Phi) is 9.52. The van der Waals surface area contributed by atoms with Crippen LogP contribution in [0.2, 0.25) is 0 Å². The van der Waals surface area contributed by atoms with Gasteiger partial charge in [0.05, 0.1) is 6.61 Å². The minimum absolute atomic E-state index is 0.0655. The molecule has 0 heterocycles. The molecule has 0 spiro atoms. The van der Waals surface area contributed by atoms with Gasteiger partial charge in [-0.2, -0.15) is 0 Å². The van der Waals surface area contributed by atoms with Crippen molar-refractivity contribution in [2.75, 3.05) is 19.8 Å². The second kappa shape index (κ2) is 9.93. The third kappa shape index (κ3) is 11.3. The molecule has 90 valence electrons. The molecule has 3 N–H and O–H groups in total. The van der Waals surface area contributed by atoms with E-state index >= 15 is 0 Å². The zero-order chi connectivity index (χ0) is 11.5. The first-order valence-electron chi connectivity index (χ1n) is 5.76. The Hall–Kier alpha value is -0.610. The molecule has 0 saturated heterocycles. The van der Waals surface area contributed by atoms with Gasteiger partial charge in [-0.25, -0.2) is 0 Å². The summed E-state index contributed by atoms with van der Waals surface area (Å²) in [7, 11) is 0. The number of carbonyl (C=O) groups excluding carboxylic acids is 1. The van der Waals surface area contributed by atoms with Crippen LogP contribution in [0, 0.1) is 0 Å². The molecule has 0 saturated carbocycles. The minimum atomic E-state index is 0.0655. The molecule has 1 atom stereocenters. The summed E-state index contributed by atoms with van der Waals surface area (Å²) in [5.41, 5.74) is 5.59. The summed E-state index contributed by atoms with van der Waals surface area (Å²) < 4.78 is 5.22. The maximum atomic E-state index is 11.2. The Balaban J connectivity index is 3.19. The monoisotopic (exact) mass is 216 g/mol. The second-order valence-electron chi connectivity index (χ2n) is 3.83. The maximum absolute atomic E-state index is 11.2. The molecule has 0 bridgehead atoms. The lowest BCUT2D eigenvalue weighted by atomic mass is 10.2. The first-order chi connectivity index (χ1) is 7.16. The SMILES string of the molecule is CCCOCCC(=O)NCCCC(C)N. The van der Waals surface area contributed by atoms with Crippen LogP contribution in [-0.2, 0) is 9.53 Å². The Bertz CT molecular complexity index is 161. The lowest BCUT2D eigenvalue weighted by Crippen LogP contribution is -2.26. The predicted molar refractivity (Wildman–Crippen MR) is 61.6 cm³/mol. The van der Waals surface area contributed by atoms with Gasteiger partial charge in [-0.1, -0.05) is 6.92 Å². The Morgan fingerprint density at radius 1 is 1.47 bits per heavy atom. The summed E-state index contributed by atoms with van der Waals surface area (Å²) in [6, 6.07) is 0.217. The van der Waals surface area contributed by atoms with Crippen LogP contribution in [0.1, 0.15) is 39.5 Å². The van der Waals surface area contributed by atoms with Crippen molar-refractivity contribution in [3.8, 4) is 0 Å². The fraction of sp³-hybridized carbons (Fsp3) is 0.909. The lowest BCUT2D eigenvalue weighted by Gasteiger charge is -2.07. The second-order valence-corrected chi connectivity index (χ2v) is 3.83. The predicted octanol–water partition coefficient (Wildman–Crippen LogP) is 1.05. The number of rotatable bonds is 9. The normalized spacial score (nSPS) is 12.5. The summed E-state index contributed by atoms with van der Waals surface area (Å²) in [5.74, 6) is 0.0655. The van der Waals surface area contributed by atoms with E-state index in [1.165, 1.54) is 0 Å². The van der Waals surface area contributed by atoms with E-state index in [1.54, 1.807) is 0 Å². The molecule has 0 aromatic heterocycles. The molecule has 0 aromatic carbocycles. The van der Waals surface area contributed by atoms with Crippen LogP contribution in [0.4, 0.5) is 0 Å². The van der Waals surface area contributed by atoms with Crippen molar-refractivity contribution in [3.63, 3.8) is 0 Å². The van der Waals surface area contributed by atoms with Gasteiger partial charge in [0.1, 0.15) is 0 Å². The summed E-state index contributed by atoms with van der Waals surface area (Å²) in [5, 5.41) is 2.84. The summed E-state index contributed by atoms with van der Waals surface area (Å²) >= 11 is 0. The van der Waals surface area contributed by atoms with Gasteiger partial charge in [0.2, 0.25) is 5.91 Å². The molecule has 0 radical (unpaired) electrons. The topological polar surface area (TPSA) is 64.3 Å². The van der Waals surface area contributed by atoms with E-state index in [0.717, 1.165) is 25.9 Å². The van der Waals surface area contributed by atoms with Crippen molar-refractivity contribution in [2.45, 2.75) is 45.6 Å². The largest absolute Gasteiger partial charge is 0.381 e. The van der Waals surface area contributed by atoms with Crippen molar-refractivity contribution in [3.05, 3.63) is 0 Å². The van der Waals surface area contributed by atoms with Gasteiger partial charge >= 0.3 is 0 Å². The number of nitrogens with one attached hydrogen (secondary N) is 1. The van der Waals surface area contributed by atoms with Crippen molar-refractivity contribution >= 4 is 5.91 Å². The number of hydrogen-bond donors (Lipinski definition) is 2. The van der Waals surface area contributed by atoms with Crippen molar-refractivity contribution in [1.29, 1.82) is 0 Å². The highest BCUT2D eigenvalue weighted by molar-refractivity contribution is 5.75. The van der Waals surface area contributed by atoms with Crippen molar-refractivity contribution in [2.24, 2.45) is 5.73 Å². The van der Waals surface area contributed by atoms with Crippen LogP contribution < -0.4 is 11.1 Å². The van der Waals surface area contributed by atoms with Crippen LogP contribution in [0.3, 0.4) is 0 Å². The highest BCUT2D eigenvalue weighted by Crippen LogP contribution is 1.91. The van der Waals surface area contributed by atoms with Crippen molar-refractivity contribution in [1.82, 2.24) is 5.32 Å². The molecule has 0 rings (SSSR count). The first kappa shape index (κ1) is 14.4. The molecule has 4 heteroatoms. The fourth-order valence-corrected chi connectivity index (χ4v) is 1.15. The number of ether oxygens (including phenoxy) is 1. The molecule has 0 aromatic rings. The standard InChI is InChI=1S/C11H24N2O2/c1-3-8-15-9-6-11(14)13-7-4-5-10(2)12/h10H,3-9,12H2,1-2H3,(H,13,14). The van der Waals surface area contributed by atoms with E-state index in [-0.39, 0.29) is 11.9 Å². The lowest BCUT2D eigenvalue weighted by molar-refractivity contribution is -0.122. The first-order valence-corrected chi connectivity index (χ1v) is 5.76. The van der Waals surface area contributed by atoms with Crippen LogP contribution in [0.15, 0.2) is 0 Å². The van der Waals surface area contributed by atoms with Gasteiger partial charge in [-0.3, -0.25) is 4.79 Å². The number of hydrogen-bond acceptors (Lipinski definition) is 3. The smallest absolute Gasteiger partial charge is 0.222 e. The van der Waals surface area contributed by atoms with Gasteiger partial charge < -0.3 is 15.8 Å². The molecule has 1 amide bonds. The van der Waals surface area contributed by atoms with Crippen LogP contribution in [0.5, 0.6) is 0 Å². The maximum Gasteiger partial charge on any atom is 0.222 e. The van der Waals surface area contributed by atoms with E-state index < -0.39 is 0 Å². The highest BCUT2D eigenvalue weighted by Gasteiger charge is 2.00. The van der Waals surface area contributed by atoms with E-state index in [1.807, 2.05) is 13.8 Å². The molecule has 0 aliphatic carbocycles. The van der Waals surface area contributed by atoms with Gasteiger partial charge in [0.15, 0.2) is 0 Å². The summed E-state index contributed by atoms with van der Waals surface area (Å²) in [6.45, 7) is 5.99. The minimum Gasteiger partial charge on any atom is -0.381 e. The van der Waals surface area contributed by atoms with Gasteiger partial charge in [-0.15, -0.1) is 0 Å². The van der Waals surface area contributed by atoms with Gasteiger partial charge in [0.25, 0.3) is 0 Å². The van der Waals surface area contributed by atoms with Crippen LogP contribution in [-0.4, -0.2) is 31.7 Å². The summed E-state index contributed by atoms with van der Waals surface area (Å²) in [4.78, 5) is 11.2. The number of amides is 1. The zero-order valence-corrected chi connectivity index (χ0v) is 9.92. The molecule has 0 fully saturated rings. The van der Waals surface area contributed by atoms with Crippen molar-refractivity contribution < 1.29 is 9.53 Å². The van der Waals surface area contributed by atoms with Gasteiger partial charge in [-0.05, 0) is 26.2 Å². The molecular weight excluding hydrogens is 192 g/mol. The zero-order valence-electron chi connectivity index (χ0n) is 9.92. The van der Waals surface area contributed by atoms with E-state index in [2.05, 4.69) is 5.32 Å².